The highest BCUT2D eigenvalue weighted by molar-refractivity contribution is 5.96. The van der Waals surface area contributed by atoms with Crippen LogP contribution in [-0.4, -0.2) is 66.5 Å². The Morgan fingerprint density at radius 3 is 2.67 bits per heavy atom. The van der Waals surface area contributed by atoms with Gasteiger partial charge in [0.25, 0.3) is 5.91 Å². The fourth-order valence-corrected chi connectivity index (χ4v) is 4.58. The van der Waals surface area contributed by atoms with E-state index in [1.54, 1.807) is 21.8 Å². The van der Waals surface area contributed by atoms with Crippen LogP contribution in [0.4, 0.5) is 23.1 Å². The number of hydrogen-bond acceptors (Lipinski definition) is 8. The first-order chi connectivity index (χ1) is 17.2. The molecule has 11 nitrogen and oxygen atoms in total. The highest BCUT2D eigenvalue weighted by Crippen LogP contribution is 2.29. The average molecular weight is 489 g/mol. The maximum atomic E-state index is 12.8. The third-order valence-electron chi connectivity index (χ3n) is 6.31. The molecule has 1 aromatic carbocycles. The minimum Gasteiger partial charge on any atom is -0.351 e. The lowest BCUT2D eigenvalue weighted by Crippen LogP contribution is -2.54. The van der Waals surface area contributed by atoms with E-state index in [0.717, 1.165) is 42.0 Å². The first kappa shape index (κ1) is 23.7. The van der Waals surface area contributed by atoms with E-state index >= 15 is 0 Å². The van der Waals surface area contributed by atoms with Gasteiger partial charge in [-0.15, -0.1) is 0 Å². The summed E-state index contributed by atoms with van der Waals surface area (Å²) in [6, 6.07) is 5.64. The number of likely N-dealkylation sites (tertiary alicyclic amines) is 1. The molecule has 1 amide bonds. The van der Waals surface area contributed by atoms with E-state index in [9.17, 15) is 4.79 Å². The molecule has 11 heteroatoms. The summed E-state index contributed by atoms with van der Waals surface area (Å²) in [5, 5.41) is 19.1. The zero-order chi connectivity index (χ0) is 25.4. The smallest absolute Gasteiger partial charge is 0.251 e. The first-order valence-electron chi connectivity index (χ1n) is 12.0. The molecule has 3 N–H and O–H groups in total. The van der Waals surface area contributed by atoms with Crippen molar-refractivity contribution in [2.75, 3.05) is 36.8 Å². The maximum Gasteiger partial charge on any atom is 0.251 e. The summed E-state index contributed by atoms with van der Waals surface area (Å²) >= 11 is 0. The lowest BCUT2D eigenvalue weighted by atomic mass is 9.84. The Hall–Kier alpha value is -3.99. The molecule has 0 aliphatic carbocycles. The third kappa shape index (κ3) is 5.01. The van der Waals surface area contributed by atoms with Crippen molar-refractivity contribution in [1.29, 1.82) is 0 Å². The van der Waals surface area contributed by atoms with Crippen LogP contribution in [0.5, 0.6) is 0 Å². The van der Waals surface area contributed by atoms with Gasteiger partial charge in [-0.3, -0.25) is 9.48 Å². The van der Waals surface area contributed by atoms with Crippen LogP contribution in [0, 0.1) is 12.3 Å². The van der Waals surface area contributed by atoms with E-state index in [1.807, 2.05) is 45.4 Å². The fourth-order valence-electron chi connectivity index (χ4n) is 4.58. The molecule has 1 saturated heterocycles. The molecule has 0 spiro atoms. The Labute approximate surface area is 209 Å². The molecule has 5 rings (SSSR count). The Balaban J connectivity index is 1.28. The van der Waals surface area contributed by atoms with Gasteiger partial charge in [0, 0.05) is 63.9 Å². The summed E-state index contributed by atoms with van der Waals surface area (Å²) < 4.78 is 3.41. The van der Waals surface area contributed by atoms with Crippen molar-refractivity contribution < 1.29 is 4.79 Å². The second-order valence-corrected chi connectivity index (χ2v) is 10.2. The number of nitrogens with zero attached hydrogens (tertiary/aromatic N) is 7. The molecule has 0 saturated carbocycles. The van der Waals surface area contributed by atoms with Crippen LogP contribution in [-0.2, 0) is 14.1 Å². The van der Waals surface area contributed by atoms with Gasteiger partial charge >= 0.3 is 0 Å². The summed E-state index contributed by atoms with van der Waals surface area (Å²) in [6.45, 7) is 10.2. The first-order valence-corrected chi connectivity index (χ1v) is 12.0. The largest absolute Gasteiger partial charge is 0.351 e. The molecule has 4 heterocycles. The van der Waals surface area contributed by atoms with Gasteiger partial charge in [0.05, 0.1) is 17.3 Å². The lowest BCUT2D eigenvalue weighted by molar-refractivity contribution is 0.0323. The number of nitrogens with one attached hydrogen (secondary N) is 3. The lowest BCUT2D eigenvalue weighted by Gasteiger charge is -2.45. The molecule has 1 aliphatic heterocycles. The normalized spacial score (nSPS) is 15.0. The standard InChI is InChI=1S/C25H32N10O/c1-16-6-7-17(23(36)26-8-9-35-14-25(2,3)15-35)10-20(16)30-21-19-12-27-24(31-22(19)34(5)32-21)29-18-11-28-33(4)13-18/h6-7,10-13H,8-9,14-15H2,1-5H3,(H,26,36)(H,30,32)(H,27,29,31). The third-order valence-corrected chi connectivity index (χ3v) is 6.31. The summed E-state index contributed by atoms with van der Waals surface area (Å²) in [4.78, 5) is 24.2. The zero-order valence-electron chi connectivity index (χ0n) is 21.3. The molecule has 4 aromatic rings. The Morgan fingerprint density at radius 1 is 1.14 bits per heavy atom. The van der Waals surface area contributed by atoms with E-state index in [1.165, 1.54) is 0 Å². The molecule has 188 valence electrons. The van der Waals surface area contributed by atoms with Crippen LogP contribution in [0.25, 0.3) is 11.0 Å². The highest BCUT2D eigenvalue weighted by atomic mass is 16.1. The number of rotatable bonds is 8. The number of benzene rings is 1. The monoisotopic (exact) mass is 488 g/mol. The van der Waals surface area contributed by atoms with Gasteiger partial charge in [-0.25, -0.2) is 9.67 Å². The van der Waals surface area contributed by atoms with Gasteiger partial charge in [0.2, 0.25) is 5.95 Å². The van der Waals surface area contributed by atoms with Gasteiger partial charge in [-0.2, -0.15) is 15.2 Å². The van der Waals surface area contributed by atoms with E-state index in [0.29, 0.717) is 34.9 Å². The summed E-state index contributed by atoms with van der Waals surface area (Å²) in [5.41, 5.74) is 4.29. The van der Waals surface area contributed by atoms with Gasteiger partial charge in [0.15, 0.2) is 11.5 Å². The number of carbonyl (C=O) groups excluding carboxylic acids is 1. The van der Waals surface area contributed by atoms with E-state index in [4.69, 9.17) is 0 Å². The number of anilines is 4. The van der Waals surface area contributed by atoms with Crippen molar-refractivity contribution in [2.24, 2.45) is 19.5 Å². The fraction of sp³-hybridized carbons (Fsp3) is 0.400. The van der Waals surface area contributed by atoms with E-state index in [2.05, 4.69) is 54.9 Å². The molecule has 1 aliphatic rings. The Bertz CT molecular complexity index is 1410. The molecular formula is C25H32N10O. The molecule has 1 fully saturated rings. The minimum atomic E-state index is -0.0850. The number of aryl methyl sites for hydroxylation is 3. The van der Waals surface area contributed by atoms with Crippen molar-refractivity contribution in [3.05, 3.63) is 47.9 Å². The number of amides is 1. The molecular weight excluding hydrogens is 456 g/mol. The van der Waals surface area contributed by atoms with Gasteiger partial charge in [-0.05, 0) is 30.0 Å². The SMILES string of the molecule is Cc1ccc(C(=O)NCCN2CC(C)(C)C2)cc1Nc1nn(C)c2nc(Nc3cnn(C)c3)ncc12. The second kappa shape index (κ2) is 9.23. The van der Waals surface area contributed by atoms with E-state index in [-0.39, 0.29) is 5.91 Å². The topological polar surface area (TPSA) is 118 Å². The Morgan fingerprint density at radius 2 is 1.94 bits per heavy atom. The molecule has 0 radical (unpaired) electrons. The predicted octanol–water partition coefficient (Wildman–Crippen LogP) is 2.96. The zero-order valence-corrected chi connectivity index (χ0v) is 21.3. The van der Waals surface area contributed by atoms with Crippen LogP contribution in [0.15, 0.2) is 36.8 Å². The van der Waals surface area contributed by atoms with Crippen LogP contribution >= 0.6 is 0 Å². The molecule has 0 atom stereocenters. The second-order valence-electron chi connectivity index (χ2n) is 10.2. The molecule has 0 bridgehead atoms. The summed E-state index contributed by atoms with van der Waals surface area (Å²) in [6.07, 6.45) is 5.29. The summed E-state index contributed by atoms with van der Waals surface area (Å²) in [5.74, 6) is 1.00. The van der Waals surface area contributed by atoms with Crippen molar-refractivity contribution >= 4 is 40.1 Å². The Kier molecular flexibility index (Phi) is 6.09. The average Bonchev–Trinajstić information content (AvgIpc) is 3.36. The van der Waals surface area contributed by atoms with Crippen LogP contribution in [0.1, 0.15) is 29.8 Å². The van der Waals surface area contributed by atoms with Gasteiger partial charge in [-0.1, -0.05) is 19.9 Å². The predicted molar refractivity (Wildman–Crippen MR) is 140 cm³/mol. The number of carbonyl (C=O) groups is 1. The van der Waals surface area contributed by atoms with Crippen LogP contribution in [0.2, 0.25) is 0 Å². The summed E-state index contributed by atoms with van der Waals surface area (Å²) in [7, 11) is 3.69. The van der Waals surface area contributed by atoms with Gasteiger partial charge < -0.3 is 20.9 Å². The van der Waals surface area contributed by atoms with Crippen molar-refractivity contribution in [1.82, 2.24) is 39.7 Å². The molecule has 0 unspecified atom stereocenters. The molecule has 36 heavy (non-hydrogen) atoms. The quantitative estimate of drug-likeness (QED) is 0.347. The highest BCUT2D eigenvalue weighted by Gasteiger charge is 2.33. The van der Waals surface area contributed by atoms with Crippen molar-refractivity contribution in [2.45, 2.75) is 20.8 Å². The number of aromatic nitrogens is 6. The molecule has 3 aromatic heterocycles. The van der Waals surface area contributed by atoms with Crippen LogP contribution < -0.4 is 16.0 Å². The van der Waals surface area contributed by atoms with Crippen LogP contribution in [0.3, 0.4) is 0 Å². The van der Waals surface area contributed by atoms with E-state index < -0.39 is 0 Å². The number of hydrogen-bond donors (Lipinski definition) is 3. The minimum absolute atomic E-state index is 0.0850. The van der Waals surface area contributed by atoms with Crippen molar-refractivity contribution in [3.63, 3.8) is 0 Å². The van der Waals surface area contributed by atoms with Crippen molar-refractivity contribution in [3.8, 4) is 0 Å². The van der Waals surface area contributed by atoms with Gasteiger partial charge in [0.1, 0.15) is 0 Å². The number of fused-ring (bicyclic) bond motifs is 1. The maximum absolute atomic E-state index is 12.8.